The molecule has 0 radical (unpaired) electrons. The number of hydrogen-bond donors (Lipinski definition) is 1. The summed E-state index contributed by atoms with van der Waals surface area (Å²) in [7, 11) is 0. The molecule has 0 aromatic heterocycles. The molecule has 0 aliphatic heterocycles. The molecule has 1 N–H and O–H groups in total. The van der Waals surface area contributed by atoms with E-state index < -0.39 is 0 Å². The maximum absolute atomic E-state index is 14.5. The van der Waals surface area contributed by atoms with Crippen LogP contribution in [0, 0.1) is 17.2 Å². The van der Waals surface area contributed by atoms with Gasteiger partial charge in [-0.3, -0.25) is 0 Å². The third-order valence-electron chi connectivity index (χ3n) is 4.67. The Bertz CT molecular complexity index is 458. The van der Waals surface area contributed by atoms with Crippen LogP contribution in [0.3, 0.4) is 0 Å². The van der Waals surface area contributed by atoms with Crippen LogP contribution in [0.1, 0.15) is 58.1 Å². The number of hydrogen-bond acceptors (Lipinski definition) is 1. The van der Waals surface area contributed by atoms with E-state index in [1.807, 2.05) is 12.1 Å². The third kappa shape index (κ3) is 3.25. The van der Waals surface area contributed by atoms with Gasteiger partial charge in [0.2, 0.25) is 0 Å². The topological polar surface area (TPSA) is 12.0 Å². The molecule has 0 heterocycles. The first-order chi connectivity index (χ1) is 9.47. The zero-order valence-corrected chi connectivity index (χ0v) is 14.3. The molecular weight excluding hydrogens is 317 g/mol. The van der Waals surface area contributed by atoms with Gasteiger partial charge in [-0.1, -0.05) is 39.3 Å². The van der Waals surface area contributed by atoms with Crippen molar-refractivity contribution in [2.45, 2.75) is 52.5 Å². The summed E-state index contributed by atoms with van der Waals surface area (Å²) in [5, 5.41) is 3.59. The summed E-state index contributed by atoms with van der Waals surface area (Å²) in [5.74, 6) is 0.390. The summed E-state index contributed by atoms with van der Waals surface area (Å²) in [6.07, 6.45) is 4.73. The van der Waals surface area contributed by atoms with Gasteiger partial charge in [0.25, 0.3) is 0 Å². The van der Waals surface area contributed by atoms with E-state index in [9.17, 15) is 4.39 Å². The van der Waals surface area contributed by atoms with Crippen LogP contribution in [0.2, 0.25) is 0 Å². The molecule has 112 valence electrons. The molecule has 1 aromatic carbocycles. The van der Waals surface area contributed by atoms with Gasteiger partial charge < -0.3 is 5.32 Å². The molecule has 2 atom stereocenters. The number of benzene rings is 1. The predicted molar refractivity (Wildman–Crippen MR) is 86.3 cm³/mol. The van der Waals surface area contributed by atoms with E-state index in [-0.39, 0.29) is 17.3 Å². The molecular formula is C17H25BrFN. The Morgan fingerprint density at radius 3 is 2.80 bits per heavy atom. The first-order valence-corrected chi connectivity index (χ1v) is 8.44. The van der Waals surface area contributed by atoms with E-state index >= 15 is 0 Å². The molecule has 1 aliphatic rings. The Morgan fingerprint density at radius 2 is 2.20 bits per heavy atom. The Kier molecular flexibility index (Phi) is 5.25. The molecule has 1 fully saturated rings. The SMILES string of the molecule is CCCNC(c1cccc(Br)c1F)C1CCCC1(C)C. The van der Waals surface area contributed by atoms with Crippen molar-refractivity contribution in [3.05, 3.63) is 34.1 Å². The fourth-order valence-corrected chi connectivity index (χ4v) is 3.88. The lowest BCUT2D eigenvalue weighted by atomic mass is 9.75. The van der Waals surface area contributed by atoms with Crippen LogP contribution in [-0.4, -0.2) is 6.54 Å². The summed E-state index contributed by atoms with van der Waals surface area (Å²) >= 11 is 3.32. The average Bonchev–Trinajstić information content (AvgIpc) is 2.75. The van der Waals surface area contributed by atoms with Crippen LogP contribution in [0.15, 0.2) is 22.7 Å². The van der Waals surface area contributed by atoms with Crippen LogP contribution < -0.4 is 5.32 Å². The Morgan fingerprint density at radius 1 is 1.45 bits per heavy atom. The van der Waals surface area contributed by atoms with Crippen molar-refractivity contribution >= 4 is 15.9 Å². The van der Waals surface area contributed by atoms with E-state index in [0.717, 1.165) is 18.5 Å². The van der Waals surface area contributed by atoms with Gasteiger partial charge in [-0.2, -0.15) is 0 Å². The van der Waals surface area contributed by atoms with Gasteiger partial charge in [0.05, 0.1) is 4.47 Å². The molecule has 2 rings (SSSR count). The zero-order chi connectivity index (χ0) is 14.8. The second-order valence-corrected chi connectivity index (χ2v) is 7.42. The standard InChI is InChI=1S/C17H25BrFN/c1-4-11-20-16(13-8-6-10-17(13,2)3)12-7-5-9-14(18)15(12)19/h5,7,9,13,16,20H,4,6,8,10-11H2,1-3H3. The molecule has 3 heteroatoms. The number of halogens is 2. The molecule has 1 aliphatic carbocycles. The van der Waals surface area contributed by atoms with Gasteiger partial charge in [-0.05, 0) is 59.1 Å². The third-order valence-corrected chi connectivity index (χ3v) is 5.29. The van der Waals surface area contributed by atoms with Crippen molar-refractivity contribution in [3.8, 4) is 0 Å². The maximum atomic E-state index is 14.5. The van der Waals surface area contributed by atoms with Gasteiger partial charge in [0, 0.05) is 11.6 Å². The molecule has 0 spiro atoms. The average molecular weight is 342 g/mol. The van der Waals surface area contributed by atoms with E-state index in [1.165, 1.54) is 19.3 Å². The summed E-state index contributed by atoms with van der Waals surface area (Å²) in [5.41, 5.74) is 1.09. The number of rotatable bonds is 5. The fraction of sp³-hybridized carbons (Fsp3) is 0.647. The lowest BCUT2D eigenvalue weighted by Gasteiger charge is -2.35. The molecule has 1 aromatic rings. The first kappa shape index (κ1) is 16.0. The minimum absolute atomic E-state index is 0.108. The highest BCUT2D eigenvalue weighted by molar-refractivity contribution is 9.10. The van der Waals surface area contributed by atoms with Crippen LogP contribution in [0.25, 0.3) is 0 Å². The van der Waals surface area contributed by atoms with Crippen LogP contribution in [0.5, 0.6) is 0 Å². The van der Waals surface area contributed by atoms with Crippen molar-refractivity contribution in [2.24, 2.45) is 11.3 Å². The molecule has 0 amide bonds. The van der Waals surface area contributed by atoms with Gasteiger partial charge in [-0.15, -0.1) is 0 Å². The van der Waals surface area contributed by atoms with E-state index in [0.29, 0.717) is 10.4 Å². The van der Waals surface area contributed by atoms with E-state index in [4.69, 9.17) is 0 Å². The summed E-state index contributed by atoms with van der Waals surface area (Å²) in [6, 6.07) is 5.76. The fourth-order valence-electron chi connectivity index (χ4n) is 3.50. The predicted octanol–water partition coefficient (Wildman–Crippen LogP) is 5.46. The molecule has 0 bridgehead atoms. The Labute approximate surface area is 130 Å². The van der Waals surface area contributed by atoms with Crippen molar-refractivity contribution in [2.75, 3.05) is 6.54 Å². The van der Waals surface area contributed by atoms with Gasteiger partial charge in [-0.25, -0.2) is 4.39 Å². The first-order valence-electron chi connectivity index (χ1n) is 7.64. The normalized spacial score (nSPS) is 22.9. The van der Waals surface area contributed by atoms with E-state index in [1.54, 1.807) is 6.07 Å². The minimum Gasteiger partial charge on any atom is -0.310 e. The monoisotopic (exact) mass is 341 g/mol. The summed E-state index contributed by atoms with van der Waals surface area (Å²) < 4.78 is 15.1. The highest BCUT2D eigenvalue weighted by atomic mass is 79.9. The van der Waals surface area contributed by atoms with Crippen molar-refractivity contribution < 1.29 is 4.39 Å². The van der Waals surface area contributed by atoms with Crippen LogP contribution >= 0.6 is 15.9 Å². The van der Waals surface area contributed by atoms with Gasteiger partial charge in [0.1, 0.15) is 5.82 Å². The van der Waals surface area contributed by atoms with Gasteiger partial charge >= 0.3 is 0 Å². The second kappa shape index (κ2) is 6.57. The second-order valence-electron chi connectivity index (χ2n) is 6.56. The lowest BCUT2D eigenvalue weighted by molar-refractivity contribution is 0.195. The quantitative estimate of drug-likeness (QED) is 0.750. The zero-order valence-electron chi connectivity index (χ0n) is 12.7. The smallest absolute Gasteiger partial charge is 0.142 e. The highest BCUT2D eigenvalue weighted by Gasteiger charge is 2.40. The molecule has 1 saturated carbocycles. The Balaban J connectivity index is 2.34. The Hall–Kier alpha value is -0.410. The van der Waals surface area contributed by atoms with Gasteiger partial charge in [0.15, 0.2) is 0 Å². The number of nitrogens with one attached hydrogen (secondary N) is 1. The summed E-state index contributed by atoms with van der Waals surface area (Å²) in [4.78, 5) is 0. The van der Waals surface area contributed by atoms with Crippen molar-refractivity contribution in [3.63, 3.8) is 0 Å². The van der Waals surface area contributed by atoms with Crippen molar-refractivity contribution in [1.82, 2.24) is 5.32 Å². The van der Waals surface area contributed by atoms with Crippen LogP contribution in [-0.2, 0) is 0 Å². The maximum Gasteiger partial charge on any atom is 0.142 e. The summed E-state index contributed by atoms with van der Waals surface area (Å²) in [6.45, 7) is 7.73. The van der Waals surface area contributed by atoms with E-state index in [2.05, 4.69) is 42.0 Å². The van der Waals surface area contributed by atoms with Crippen molar-refractivity contribution in [1.29, 1.82) is 0 Å². The molecule has 1 nitrogen and oxygen atoms in total. The highest BCUT2D eigenvalue weighted by Crippen LogP contribution is 2.49. The molecule has 20 heavy (non-hydrogen) atoms. The minimum atomic E-state index is -0.108. The van der Waals surface area contributed by atoms with Crippen LogP contribution in [0.4, 0.5) is 4.39 Å². The molecule has 0 saturated heterocycles. The lowest BCUT2D eigenvalue weighted by Crippen LogP contribution is -2.35. The largest absolute Gasteiger partial charge is 0.310 e. The molecule has 2 unspecified atom stereocenters.